The number of carbonyl (C=O) groups excluding carboxylic acids is 1. The van der Waals surface area contributed by atoms with E-state index in [4.69, 9.17) is 0 Å². The maximum absolute atomic E-state index is 12.7. The van der Waals surface area contributed by atoms with Crippen LogP contribution in [0.1, 0.15) is 16.1 Å². The molecule has 27 heavy (non-hydrogen) atoms. The van der Waals surface area contributed by atoms with Crippen LogP contribution in [-0.2, 0) is 6.54 Å². The lowest BCUT2D eigenvalue weighted by molar-refractivity contribution is 0.0951. The molecule has 0 unspecified atom stereocenters. The van der Waals surface area contributed by atoms with Crippen LogP contribution in [0.3, 0.4) is 0 Å². The highest BCUT2D eigenvalue weighted by Crippen LogP contribution is 2.26. The van der Waals surface area contributed by atoms with Crippen LogP contribution in [0, 0.1) is 0 Å². The molecule has 2 aromatic carbocycles. The highest BCUT2D eigenvalue weighted by molar-refractivity contribution is 6.00. The quantitative estimate of drug-likeness (QED) is 0.567. The minimum atomic E-state index is -0.152. The van der Waals surface area contributed by atoms with Gasteiger partial charge < -0.3 is 5.32 Å². The van der Waals surface area contributed by atoms with E-state index in [0.29, 0.717) is 12.1 Å². The zero-order valence-electron chi connectivity index (χ0n) is 14.6. The van der Waals surface area contributed by atoms with Crippen molar-refractivity contribution in [3.05, 3.63) is 96.3 Å². The fraction of sp³-hybridized carbons (Fsp3) is 0.0455. The summed E-state index contributed by atoms with van der Waals surface area (Å²) in [6.07, 6.45) is 1.71. The van der Waals surface area contributed by atoms with E-state index in [1.165, 1.54) is 0 Å². The van der Waals surface area contributed by atoms with Crippen LogP contribution in [0.5, 0.6) is 0 Å². The van der Waals surface area contributed by atoms with Crippen molar-refractivity contribution in [1.82, 2.24) is 20.5 Å². The Morgan fingerprint density at radius 3 is 2.52 bits per heavy atom. The summed E-state index contributed by atoms with van der Waals surface area (Å²) in [7, 11) is 0. The zero-order valence-corrected chi connectivity index (χ0v) is 14.6. The first-order valence-corrected chi connectivity index (χ1v) is 8.69. The molecule has 5 nitrogen and oxygen atoms in total. The molecule has 0 atom stereocenters. The van der Waals surface area contributed by atoms with Crippen molar-refractivity contribution < 1.29 is 4.79 Å². The highest BCUT2D eigenvalue weighted by atomic mass is 16.1. The topological polar surface area (TPSA) is 70.7 Å². The number of nitrogens with one attached hydrogen (secondary N) is 2. The number of amides is 1. The third-order valence-corrected chi connectivity index (χ3v) is 4.27. The molecule has 1 amide bonds. The molecule has 2 heterocycles. The molecule has 4 rings (SSSR count). The van der Waals surface area contributed by atoms with E-state index in [1.807, 2.05) is 72.8 Å². The number of rotatable bonds is 5. The van der Waals surface area contributed by atoms with Gasteiger partial charge in [0.2, 0.25) is 0 Å². The minimum absolute atomic E-state index is 0.152. The smallest absolute Gasteiger partial charge is 0.252 e. The fourth-order valence-electron chi connectivity index (χ4n) is 2.90. The van der Waals surface area contributed by atoms with Gasteiger partial charge in [0.15, 0.2) is 0 Å². The Labute approximate surface area is 157 Å². The first-order chi connectivity index (χ1) is 13.3. The molecule has 0 saturated carbocycles. The SMILES string of the molecule is O=C(NCc1ccccn1)c1ccccc1-c1cc(-c2ccccc2)[nH]n1. The maximum Gasteiger partial charge on any atom is 0.252 e. The monoisotopic (exact) mass is 354 g/mol. The number of aromatic amines is 1. The van der Waals surface area contributed by atoms with E-state index in [9.17, 15) is 4.79 Å². The Hall–Kier alpha value is -3.73. The molecule has 0 aliphatic heterocycles. The zero-order chi connectivity index (χ0) is 18.5. The lowest BCUT2D eigenvalue weighted by Gasteiger charge is -2.08. The largest absolute Gasteiger partial charge is 0.346 e. The van der Waals surface area contributed by atoms with Crippen molar-refractivity contribution in [3.63, 3.8) is 0 Å². The highest BCUT2D eigenvalue weighted by Gasteiger charge is 2.15. The van der Waals surface area contributed by atoms with Crippen LogP contribution in [0.4, 0.5) is 0 Å². The number of H-pyrrole nitrogens is 1. The molecular weight excluding hydrogens is 336 g/mol. The first-order valence-electron chi connectivity index (χ1n) is 8.69. The van der Waals surface area contributed by atoms with Crippen molar-refractivity contribution in [3.8, 4) is 22.5 Å². The van der Waals surface area contributed by atoms with E-state index in [1.54, 1.807) is 12.3 Å². The molecule has 132 valence electrons. The van der Waals surface area contributed by atoms with Gasteiger partial charge in [-0.05, 0) is 29.8 Å². The second-order valence-corrected chi connectivity index (χ2v) is 6.08. The first kappa shape index (κ1) is 16.7. The third-order valence-electron chi connectivity index (χ3n) is 4.27. The molecule has 0 bridgehead atoms. The molecule has 0 aliphatic rings. The minimum Gasteiger partial charge on any atom is -0.346 e. The van der Waals surface area contributed by atoms with E-state index < -0.39 is 0 Å². The van der Waals surface area contributed by atoms with Gasteiger partial charge in [0.1, 0.15) is 0 Å². The van der Waals surface area contributed by atoms with Crippen LogP contribution >= 0.6 is 0 Å². The Morgan fingerprint density at radius 1 is 0.926 bits per heavy atom. The summed E-state index contributed by atoms with van der Waals surface area (Å²) in [6, 6.07) is 25.0. The van der Waals surface area contributed by atoms with Gasteiger partial charge in [-0.25, -0.2) is 0 Å². The molecule has 0 aliphatic carbocycles. The Kier molecular flexibility index (Phi) is 4.74. The molecule has 0 radical (unpaired) electrons. The van der Waals surface area contributed by atoms with Gasteiger partial charge in [0.25, 0.3) is 5.91 Å². The number of hydrogen-bond donors (Lipinski definition) is 2. The van der Waals surface area contributed by atoms with Crippen LogP contribution < -0.4 is 5.32 Å². The second kappa shape index (κ2) is 7.66. The van der Waals surface area contributed by atoms with Crippen LogP contribution in [0.25, 0.3) is 22.5 Å². The van der Waals surface area contributed by atoms with Crippen molar-refractivity contribution in [2.24, 2.45) is 0 Å². The standard InChI is InChI=1S/C22H18N4O/c27-22(24-15-17-10-6-7-13-23-17)19-12-5-4-11-18(19)21-14-20(25-26-21)16-8-2-1-3-9-16/h1-14H,15H2,(H,24,27)(H,25,26). The molecule has 2 aromatic heterocycles. The van der Waals surface area contributed by atoms with Crippen molar-refractivity contribution in [2.75, 3.05) is 0 Å². The molecule has 2 N–H and O–H groups in total. The summed E-state index contributed by atoms with van der Waals surface area (Å²) in [5.41, 5.74) is 4.88. The van der Waals surface area contributed by atoms with E-state index in [-0.39, 0.29) is 5.91 Å². The lowest BCUT2D eigenvalue weighted by atomic mass is 10.0. The average molecular weight is 354 g/mol. The summed E-state index contributed by atoms with van der Waals surface area (Å²) < 4.78 is 0. The van der Waals surface area contributed by atoms with Gasteiger partial charge in [0.05, 0.1) is 23.6 Å². The number of pyridine rings is 1. The Morgan fingerprint density at radius 2 is 1.70 bits per heavy atom. The van der Waals surface area contributed by atoms with Gasteiger partial charge in [-0.2, -0.15) is 5.10 Å². The van der Waals surface area contributed by atoms with Gasteiger partial charge in [0, 0.05) is 17.3 Å². The molecular formula is C22H18N4O. The van der Waals surface area contributed by atoms with Gasteiger partial charge in [-0.1, -0.05) is 54.6 Å². The third kappa shape index (κ3) is 3.77. The van der Waals surface area contributed by atoms with Crippen LogP contribution in [0.15, 0.2) is 85.1 Å². The van der Waals surface area contributed by atoms with Gasteiger partial charge in [-0.3, -0.25) is 14.9 Å². The number of hydrogen-bond acceptors (Lipinski definition) is 3. The summed E-state index contributed by atoms with van der Waals surface area (Å²) in [6.45, 7) is 0.379. The maximum atomic E-state index is 12.7. The number of nitrogens with zero attached hydrogens (tertiary/aromatic N) is 2. The summed E-state index contributed by atoms with van der Waals surface area (Å²) in [4.78, 5) is 16.9. The summed E-state index contributed by atoms with van der Waals surface area (Å²) in [5, 5.41) is 10.4. The number of aromatic nitrogens is 3. The van der Waals surface area contributed by atoms with Gasteiger partial charge in [-0.15, -0.1) is 0 Å². The average Bonchev–Trinajstić information content (AvgIpc) is 3.23. The predicted molar refractivity (Wildman–Crippen MR) is 105 cm³/mol. The summed E-state index contributed by atoms with van der Waals surface area (Å²) >= 11 is 0. The van der Waals surface area contributed by atoms with E-state index in [0.717, 1.165) is 28.2 Å². The molecule has 4 aromatic rings. The molecule has 0 spiro atoms. The van der Waals surface area contributed by atoms with Crippen molar-refractivity contribution >= 4 is 5.91 Å². The Bertz CT molecular complexity index is 1040. The Balaban J connectivity index is 1.58. The lowest BCUT2D eigenvalue weighted by Crippen LogP contribution is -2.23. The summed E-state index contributed by atoms with van der Waals surface area (Å²) in [5.74, 6) is -0.152. The van der Waals surface area contributed by atoms with Crippen LogP contribution in [-0.4, -0.2) is 21.1 Å². The normalized spacial score (nSPS) is 10.5. The van der Waals surface area contributed by atoms with Gasteiger partial charge >= 0.3 is 0 Å². The van der Waals surface area contributed by atoms with E-state index >= 15 is 0 Å². The van der Waals surface area contributed by atoms with E-state index in [2.05, 4.69) is 20.5 Å². The van der Waals surface area contributed by atoms with Crippen molar-refractivity contribution in [1.29, 1.82) is 0 Å². The molecule has 0 saturated heterocycles. The number of benzene rings is 2. The molecule has 0 fully saturated rings. The molecule has 5 heteroatoms. The predicted octanol–water partition coefficient (Wildman–Crippen LogP) is 4.07. The van der Waals surface area contributed by atoms with Crippen molar-refractivity contribution in [2.45, 2.75) is 6.54 Å². The fourth-order valence-corrected chi connectivity index (χ4v) is 2.90. The second-order valence-electron chi connectivity index (χ2n) is 6.08. The number of carbonyl (C=O) groups is 1. The van der Waals surface area contributed by atoms with Crippen LogP contribution in [0.2, 0.25) is 0 Å².